The van der Waals surface area contributed by atoms with E-state index in [0.717, 1.165) is 32.1 Å². The standard InChI is InChI=1S/C13H22N2O3/c16-11(15-9-13(18)6-2-7-13)3-1-8-14-12(17)10-4-5-10/h10,18H,1-9H2,(H,14,17)(H,15,16). The molecule has 5 nitrogen and oxygen atoms in total. The molecule has 0 aliphatic heterocycles. The summed E-state index contributed by atoms with van der Waals surface area (Å²) in [4.78, 5) is 22.8. The van der Waals surface area contributed by atoms with Gasteiger partial charge in [0, 0.05) is 25.4 Å². The van der Waals surface area contributed by atoms with Crippen molar-refractivity contribution in [3.63, 3.8) is 0 Å². The fraction of sp³-hybridized carbons (Fsp3) is 0.846. The zero-order valence-electron chi connectivity index (χ0n) is 10.7. The Bertz CT molecular complexity index is 322. The highest BCUT2D eigenvalue weighted by atomic mass is 16.3. The Balaban J connectivity index is 1.47. The number of aliphatic hydroxyl groups is 1. The lowest BCUT2D eigenvalue weighted by Gasteiger charge is -2.36. The van der Waals surface area contributed by atoms with Gasteiger partial charge in [0.2, 0.25) is 11.8 Å². The second-order valence-corrected chi connectivity index (χ2v) is 5.52. The molecule has 0 bridgehead atoms. The lowest BCUT2D eigenvalue weighted by molar-refractivity contribution is -0.124. The van der Waals surface area contributed by atoms with E-state index in [4.69, 9.17) is 0 Å². The van der Waals surface area contributed by atoms with Gasteiger partial charge in [0.25, 0.3) is 0 Å². The van der Waals surface area contributed by atoms with Crippen LogP contribution < -0.4 is 10.6 Å². The van der Waals surface area contributed by atoms with Crippen LogP contribution in [0.1, 0.15) is 44.9 Å². The average molecular weight is 254 g/mol. The van der Waals surface area contributed by atoms with Crippen LogP contribution in [0.2, 0.25) is 0 Å². The van der Waals surface area contributed by atoms with Gasteiger partial charge in [0.1, 0.15) is 0 Å². The molecule has 18 heavy (non-hydrogen) atoms. The Kier molecular flexibility index (Phi) is 4.22. The van der Waals surface area contributed by atoms with E-state index in [1.165, 1.54) is 0 Å². The quantitative estimate of drug-likeness (QED) is 0.573. The summed E-state index contributed by atoms with van der Waals surface area (Å²) < 4.78 is 0. The molecule has 0 spiro atoms. The Morgan fingerprint density at radius 1 is 1.22 bits per heavy atom. The van der Waals surface area contributed by atoms with Gasteiger partial charge in [-0.05, 0) is 38.5 Å². The first kappa shape index (κ1) is 13.3. The van der Waals surface area contributed by atoms with Crippen LogP contribution in [0.4, 0.5) is 0 Å². The van der Waals surface area contributed by atoms with Gasteiger partial charge in [-0.3, -0.25) is 9.59 Å². The highest BCUT2D eigenvalue weighted by Gasteiger charge is 2.34. The summed E-state index contributed by atoms with van der Waals surface area (Å²) >= 11 is 0. The van der Waals surface area contributed by atoms with Crippen LogP contribution in [-0.2, 0) is 9.59 Å². The summed E-state index contributed by atoms with van der Waals surface area (Å²) in [6, 6.07) is 0. The lowest BCUT2D eigenvalue weighted by atomic mass is 9.80. The molecule has 2 aliphatic rings. The van der Waals surface area contributed by atoms with Gasteiger partial charge in [-0.15, -0.1) is 0 Å². The monoisotopic (exact) mass is 254 g/mol. The first-order valence-corrected chi connectivity index (χ1v) is 6.86. The molecule has 0 saturated heterocycles. The van der Waals surface area contributed by atoms with Crippen molar-refractivity contribution >= 4 is 11.8 Å². The normalized spacial score (nSPS) is 20.9. The smallest absolute Gasteiger partial charge is 0.223 e. The molecule has 102 valence electrons. The molecule has 0 radical (unpaired) electrons. The third-order valence-electron chi connectivity index (χ3n) is 3.73. The molecule has 0 atom stereocenters. The largest absolute Gasteiger partial charge is 0.388 e. The minimum atomic E-state index is -0.657. The van der Waals surface area contributed by atoms with Crippen LogP contribution in [0, 0.1) is 5.92 Å². The van der Waals surface area contributed by atoms with Gasteiger partial charge in [-0.1, -0.05) is 0 Å². The SMILES string of the molecule is O=C(CCCNC(=O)C1CC1)NCC1(O)CCC1. The Morgan fingerprint density at radius 2 is 1.94 bits per heavy atom. The molecule has 0 aromatic carbocycles. The third-order valence-corrected chi connectivity index (χ3v) is 3.73. The molecule has 0 aromatic rings. The van der Waals surface area contributed by atoms with Gasteiger partial charge in [0.05, 0.1) is 5.60 Å². The van der Waals surface area contributed by atoms with E-state index in [2.05, 4.69) is 10.6 Å². The zero-order valence-corrected chi connectivity index (χ0v) is 10.7. The van der Waals surface area contributed by atoms with Gasteiger partial charge in [-0.25, -0.2) is 0 Å². The number of nitrogens with one attached hydrogen (secondary N) is 2. The number of carbonyl (C=O) groups is 2. The van der Waals surface area contributed by atoms with Gasteiger partial charge < -0.3 is 15.7 Å². The number of rotatable bonds is 7. The number of hydrogen-bond donors (Lipinski definition) is 3. The van der Waals surface area contributed by atoms with E-state index in [1.807, 2.05) is 0 Å². The molecule has 2 rings (SSSR count). The highest BCUT2D eigenvalue weighted by Crippen LogP contribution is 2.30. The summed E-state index contributed by atoms with van der Waals surface area (Å²) in [7, 11) is 0. The number of carbonyl (C=O) groups excluding carboxylic acids is 2. The lowest BCUT2D eigenvalue weighted by Crippen LogP contribution is -2.47. The Morgan fingerprint density at radius 3 is 2.50 bits per heavy atom. The minimum Gasteiger partial charge on any atom is -0.388 e. The summed E-state index contributed by atoms with van der Waals surface area (Å²) in [6.45, 7) is 0.924. The second kappa shape index (κ2) is 5.69. The van der Waals surface area contributed by atoms with Gasteiger partial charge in [0.15, 0.2) is 0 Å². The molecule has 2 saturated carbocycles. The first-order chi connectivity index (χ1) is 8.59. The van der Waals surface area contributed by atoms with Crippen molar-refractivity contribution < 1.29 is 14.7 Å². The van der Waals surface area contributed by atoms with Crippen molar-refractivity contribution in [3.05, 3.63) is 0 Å². The molecule has 0 aromatic heterocycles. The summed E-state index contributed by atoms with van der Waals surface area (Å²) in [5.74, 6) is 0.307. The number of hydrogen-bond acceptors (Lipinski definition) is 3. The maximum Gasteiger partial charge on any atom is 0.223 e. The molecule has 0 unspecified atom stereocenters. The molecule has 2 fully saturated rings. The van der Waals surface area contributed by atoms with E-state index in [0.29, 0.717) is 25.9 Å². The molecular weight excluding hydrogens is 232 g/mol. The minimum absolute atomic E-state index is 0.0454. The van der Waals surface area contributed by atoms with E-state index >= 15 is 0 Å². The van der Waals surface area contributed by atoms with Crippen molar-refractivity contribution in [2.24, 2.45) is 5.92 Å². The van der Waals surface area contributed by atoms with Crippen molar-refractivity contribution in [1.29, 1.82) is 0 Å². The van der Waals surface area contributed by atoms with Crippen molar-refractivity contribution in [3.8, 4) is 0 Å². The van der Waals surface area contributed by atoms with Gasteiger partial charge in [-0.2, -0.15) is 0 Å². The topological polar surface area (TPSA) is 78.4 Å². The van der Waals surface area contributed by atoms with E-state index in [1.54, 1.807) is 0 Å². The summed E-state index contributed by atoms with van der Waals surface area (Å²) in [5, 5.41) is 15.4. The molecule has 0 heterocycles. The third kappa shape index (κ3) is 3.98. The number of amides is 2. The van der Waals surface area contributed by atoms with Crippen LogP contribution >= 0.6 is 0 Å². The van der Waals surface area contributed by atoms with Crippen molar-refractivity contribution in [1.82, 2.24) is 10.6 Å². The van der Waals surface area contributed by atoms with Crippen molar-refractivity contribution in [2.45, 2.75) is 50.5 Å². The Hall–Kier alpha value is -1.10. The van der Waals surface area contributed by atoms with Crippen molar-refractivity contribution in [2.75, 3.05) is 13.1 Å². The fourth-order valence-corrected chi connectivity index (χ4v) is 2.06. The molecule has 5 heteroatoms. The predicted molar refractivity (Wildman–Crippen MR) is 66.8 cm³/mol. The Labute approximate surface area is 107 Å². The van der Waals surface area contributed by atoms with Crippen LogP contribution in [-0.4, -0.2) is 35.6 Å². The fourth-order valence-electron chi connectivity index (χ4n) is 2.06. The summed E-state index contributed by atoms with van der Waals surface area (Å²) in [5.41, 5.74) is -0.657. The van der Waals surface area contributed by atoms with Crippen LogP contribution in [0.15, 0.2) is 0 Å². The first-order valence-electron chi connectivity index (χ1n) is 6.86. The second-order valence-electron chi connectivity index (χ2n) is 5.52. The van der Waals surface area contributed by atoms with E-state index < -0.39 is 5.60 Å². The van der Waals surface area contributed by atoms with E-state index in [-0.39, 0.29) is 17.7 Å². The molecule has 2 aliphatic carbocycles. The average Bonchev–Trinajstić information content (AvgIpc) is 3.13. The van der Waals surface area contributed by atoms with Crippen LogP contribution in [0.25, 0.3) is 0 Å². The maximum absolute atomic E-state index is 11.5. The van der Waals surface area contributed by atoms with Gasteiger partial charge >= 0.3 is 0 Å². The molecule has 2 amide bonds. The highest BCUT2D eigenvalue weighted by molar-refractivity contribution is 5.81. The van der Waals surface area contributed by atoms with Crippen LogP contribution in [0.5, 0.6) is 0 Å². The van der Waals surface area contributed by atoms with Crippen LogP contribution in [0.3, 0.4) is 0 Å². The van der Waals surface area contributed by atoms with E-state index in [9.17, 15) is 14.7 Å². The molecule has 3 N–H and O–H groups in total. The molecular formula is C13H22N2O3. The maximum atomic E-state index is 11.5. The predicted octanol–water partition coefficient (Wildman–Crippen LogP) is 0.324. The summed E-state index contributed by atoms with van der Waals surface area (Å²) in [6.07, 6.45) is 5.68. The zero-order chi connectivity index (χ0) is 13.0.